The monoisotopic (exact) mass is 266 g/mol. The lowest BCUT2D eigenvalue weighted by Gasteiger charge is -2.13. The first kappa shape index (κ1) is 15.0. The fourth-order valence-corrected chi connectivity index (χ4v) is 1.63. The summed E-state index contributed by atoms with van der Waals surface area (Å²) >= 11 is 0. The van der Waals surface area contributed by atoms with Crippen LogP contribution in [0.4, 0.5) is 5.69 Å². The van der Waals surface area contributed by atoms with Gasteiger partial charge in [-0.25, -0.2) is 0 Å². The van der Waals surface area contributed by atoms with E-state index in [1.165, 1.54) is 4.90 Å². The van der Waals surface area contributed by atoms with E-state index in [2.05, 4.69) is 0 Å². The molecule has 1 aromatic rings. The first-order valence-corrected chi connectivity index (χ1v) is 5.90. The number of nitrogens with zero attached hydrogens (tertiary/aromatic N) is 1. The van der Waals surface area contributed by atoms with Gasteiger partial charge in [-0.2, -0.15) is 0 Å². The van der Waals surface area contributed by atoms with E-state index < -0.39 is 5.97 Å². The molecular weight excluding hydrogens is 248 g/mol. The van der Waals surface area contributed by atoms with Crippen molar-refractivity contribution in [2.75, 3.05) is 32.5 Å². The lowest BCUT2D eigenvalue weighted by molar-refractivity contribution is -0.137. The summed E-state index contributed by atoms with van der Waals surface area (Å²) in [6, 6.07) is 4.81. The Hall–Kier alpha value is -2.08. The van der Waals surface area contributed by atoms with Crippen LogP contribution in [0.3, 0.4) is 0 Å². The molecule has 19 heavy (non-hydrogen) atoms. The van der Waals surface area contributed by atoms with Crippen molar-refractivity contribution in [3.63, 3.8) is 0 Å². The van der Waals surface area contributed by atoms with Gasteiger partial charge in [-0.15, -0.1) is 0 Å². The molecule has 0 aliphatic carbocycles. The van der Waals surface area contributed by atoms with Crippen molar-refractivity contribution in [2.24, 2.45) is 0 Å². The number of nitrogen functional groups attached to an aromatic ring is 1. The topological polar surface area (TPSA) is 92.9 Å². The maximum Gasteiger partial charge on any atom is 0.317 e. The van der Waals surface area contributed by atoms with Gasteiger partial charge in [0.05, 0.1) is 25.4 Å². The normalized spacial score (nSPS) is 10.5. The highest BCUT2D eigenvalue weighted by Crippen LogP contribution is 2.22. The second kappa shape index (κ2) is 6.75. The number of carboxylic acid groups (broad SMARTS) is 1. The zero-order valence-electron chi connectivity index (χ0n) is 11.0. The van der Waals surface area contributed by atoms with E-state index in [1.54, 1.807) is 25.2 Å². The van der Waals surface area contributed by atoms with Crippen molar-refractivity contribution in [3.8, 4) is 5.75 Å². The molecule has 0 bridgehead atoms. The molecule has 0 aliphatic rings. The quantitative estimate of drug-likeness (QED) is 0.562. The van der Waals surface area contributed by atoms with Crippen molar-refractivity contribution in [3.05, 3.63) is 23.8 Å². The highest BCUT2D eigenvalue weighted by atomic mass is 16.5. The number of anilines is 1. The van der Waals surface area contributed by atoms with E-state index in [0.717, 1.165) is 0 Å². The van der Waals surface area contributed by atoms with Gasteiger partial charge < -0.3 is 15.6 Å². The number of carboxylic acids is 1. The van der Waals surface area contributed by atoms with Gasteiger partial charge in [0.1, 0.15) is 5.75 Å². The summed E-state index contributed by atoms with van der Waals surface area (Å²) < 4.78 is 5.28. The highest BCUT2D eigenvalue weighted by molar-refractivity contribution is 5.98. The molecule has 1 aromatic carbocycles. The van der Waals surface area contributed by atoms with Crippen LogP contribution >= 0.6 is 0 Å². The third-order valence-electron chi connectivity index (χ3n) is 2.45. The SMILES string of the molecule is CCOc1ccc(C(=O)CN(C)CC(=O)O)cc1N. The van der Waals surface area contributed by atoms with Crippen LogP contribution in [0.15, 0.2) is 18.2 Å². The average Bonchev–Trinajstić information content (AvgIpc) is 2.30. The number of carbonyl (C=O) groups is 2. The number of ketones is 1. The summed E-state index contributed by atoms with van der Waals surface area (Å²) in [5.41, 5.74) is 6.61. The summed E-state index contributed by atoms with van der Waals surface area (Å²) in [6.07, 6.45) is 0. The number of Topliss-reactive ketones (excluding diaryl/α,β-unsaturated/α-hetero) is 1. The number of rotatable bonds is 7. The van der Waals surface area contributed by atoms with Crippen LogP contribution in [0, 0.1) is 0 Å². The van der Waals surface area contributed by atoms with Crippen LogP contribution in [-0.4, -0.2) is 48.5 Å². The number of aliphatic carboxylic acids is 1. The molecule has 0 atom stereocenters. The lowest BCUT2D eigenvalue weighted by atomic mass is 10.1. The summed E-state index contributed by atoms with van der Waals surface area (Å²) in [6.45, 7) is 2.19. The molecule has 0 aliphatic heterocycles. The van der Waals surface area contributed by atoms with Gasteiger partial charge in [0.25, 0.3) is 0 Å². The Balaban J connectivity index is 2.72. The van der Waals surface area contributed by atoms with E-state index in [4.69, 9.17) is 15.6 Å². The Morgan fingerprint density at radius 1 is 1.37 bits per heavy atom. The number of ether oxygens (including phenoxy) is 1. The van der Waals surface area contributed by atoms with E-state index >= 15 is 0 Å². The largest absolute Gasteiger partial charge is 0.492 e. The molecule has 0 unspecified atom stereocenters. The van der Waals surface area contributed by atoms with Crippen LogP contribution < -0.4 is 10.5 Å². The zero-order chi connectivity index (χ0) is 14.4. The number of hydrogen-bond acceptors (Lipinski definition) is 5. The molecule has 0 radical (unpaired) electrons. The van der Waals surface area contributed by atoms with E-state index in [-0.39, 0.29) is 18.9 Å². The highest BCUT2D eigenvalue weighted by Gasteiger charge is 2.13. The standard InChI is InChI=1S/C13H18N2O4/c1-3-19-12-5-4-9(6-10(12)14)11(16)7-15(2)8-13(17)18/h4-6H,3,7-8,14H2,1-2H3,(H,17,18). The Morgan fingerprint density at radius 2 is 2.05 bits per heavy atom. The van der Waals surface area contributed by atoms with Crippen LogP contribution in [0.2, 0.25) is 0 Å². The summed E-state index contributed by atoms with van der Waals surface area (Å²) in [7, 11) is 1.57. The fraction of sp³-hybridized carbons (Fsp3) is 0.385. The molecule has 0 saturated heterocycles. The van der Waals surface area contributed by atoms with Gasteiger partial charge in [0.2, 0.25) is 0 Å². The minimum Gasteiger partial charge on any atom is -0.492 e. The van der Waals surface area contributed by atoms with E-state index in [9.17, 15) is 9.59 Å². The fourth-order valence-electron chi connectivity index (χ4n) is 1.63. The van der Waals surface area contributed by atoms with E-state index in [1.807, 2.05) is 6.92 Å². The molecule has 0 saturated carbocycles. The molecule has 0 amide bonds. The predicted molar refractivity (Wildman–Crippen MR) is 71.5 cm³/mol. The summed E-state index contributed by atoms with van der Waals surface area (Å²) in [4.78, 5) is 23.9. The van der Waals surface area contributed by atoms with Gasteiger partial charge in [0.15, 0.2) is 5.78 Å². The predicted octanol–water partition coefficient (Wildman–Crippen LogP) is 0.867. The van der Waals surface area contributed by atoms with Gasteiger partial charge in [-0.05, 0) is 32.2 Å². The molecule has 0 spiro atoms. The van der Waals surface area contributed by atoms with Crippen LogP contribution in [-0.2, 0) is 4.79 Å². The Kier molecular flexibility index (Phi) is 5.32. The summed E-state index contributed by atoms with van der Waals surface area (Å²) in [5, 5.41) is 8.62. The summed E-state index contributed by atoms with van der Waals surface area (Å²) in [5.74, 6) is -0.613. The zero-order valence-corrected chi connectivity index (χ0v) is 11.0. The number of carbonyl (C=O) groups excluding carboxylic acids is 1. The van der Waals surface area contributed by atoms with Gasteiger partial charge in [-0.1, -0.05) is 0 Å². The van der Waals surface area contributed by atoms with Crippen LogP contribution in [0.5, 0.6) is 5.75 Å². The Morgan fingerprint density at radius 3 is 2.58 bits per heavy atom. The van der Waals surface area contributed by atoms with Crippen LogP contribution in [0.1, 0.15) is 17.3 Å². The van der Waals surface area contributed by atoms with Gasteiger partial charge >= 0.3 is 5.97 Å². The van der Waals surface area contributed by atoms with Crippen molar-refractivity contribution in [2.45, 2.75) is 6.92 Å². The third-order valence-corrected chi connectivity index (χ3v) is 2.45. The molecular formula is C13H18N2O4. The second-order valence-corrected chi connectivity index (χ2v) is 4.17. The molecule has 3 N–H and O–H groups in total. The molecule has 0 fully saturated rings. The van der Waals surface area contributed by atoms with Crippen molar-refractivity contribution < 1.29 is 19.4 Å². The maximum absolute atomic E-state index is 11.9. The number of likely N-dealkylation sites (N-methyl/N-ethyl adjacent to an activating group) is 1. The second-order valence-electron chi connectivity index (χ2n) is 4.17. The van der Waals surface area contributed by atoms with Crippen LogP contribution in [0.25, 0.3) is 0 Å². The molecule has 104 valence electrons. The first-order chi connectivity index (χ1) is 8.93. The molecule has 6 heteroatoms. The lowest BCUT2D eigenvalue weighted by Crippen LogP contribution is -2.31. The number of benzene rings is 1. The Bertz CT molecular complexity index is 474. The number of hydrogen-bond donors (Lipinski definition) is 2. The maximum atomic E-state index is 11.9. The molecule has 6 nitrogen and oxygen atoms in total. The number of nitrogens with two attached hydrogens (primary N) is 1. The van der Waals surface area contributed by atoms with Crippen molar-refractivity contribution in [1.82, 2.24) is 4.90 Å². The molecule has 0 heterocycles. The van der Waals surface area contributed by atoms with Crippen molar-refractivity contribution >= 4 is 17.4 Å². The van der Waals surface area contributed by atoms with E-state index in [0.29, 0.717) is 23.6 Å². The van der Waals surface area contributed by atoms with Crippen molar-refractivity contribution in [1.29, 1.82) is 0 Å². The third kappa shape index (κ3) is 4.59. The minimum absolute atomic E-state index is 0.0275. The first-order valence-electron chi connectivity index (χ1n) is 5.90. The molecule has 0 aromatic heterocycles. The minimum atomic E-state index is -0.971. The van der Waals surface area contributed by atoms with Gasteiger partial charge in [-0.3, -0.25) is 14.5 Å². The molecule has 1 rings (SSSR count). The smallest absolute Gasteiger partial charge is 0.317 e. The van der Waals surface area contributed by atoms with Gasteiger partial charge in [0, 0.05) is 5.56 Å². The average molecular weight is 266 g/mol. The Labute approximate surface area is 111 Å².